The van der Waals surface area contributed by atoms with Crippen LogP contribution in [0.3, 0.4) is 0 Å². The number of carbonyl (C=O) groups is 3. The monoisotopic (exact) mass is 518 g/mol. The van der Waals surface area contributed by atoms with Gasteiger partial charge in [-0.2, -0.15) is 10.4 Å². The van der Waals surface area contributed by atoms with Gasteiger partial charge in [0.05, 0.1) is 23.7 Å². The Hall–Kier alpha value is -4.26. The predicted molar refractivity (Wildman–Crippen MR) is 139 cm³/mol. The number of benzene rings is 2. The molecule has 198 valence electrons. The summed E-state index contributed by atoms with van der Waals surface area (Å²) in [5.41, 5.74) is 1.25. The van der Waals surface area contributed by atoms with E-state index >= 15 is 0 Å². The molecule has 38 heavy (non-hydrogen) atoms. The van der Waals surface area contributed by atoms with E-state index in [1.807, 2.05) is 20.8 Å². The second kappa shape index (κ2) is 10.6. The molecule has 1 aliphatic heterocycles. The van der Waals surface area contributed by atoms with Crippen molar-refractivity contribution in [3.05, 3.63) is 65.1 Å². The number of likely N-dealkylation sites (tertiary alicyclic amines) is 1. The average molecular weight is 519 g/mol. The molecule has 0 saturated carbocycles. The molecule has 0 spiro atoms. The largest absolute Gasteiger partial charge is 0.354 e. The first-order valence-electron chi connectivity index (χ1n) is 12.4. The van der Waals surface area contributed by atoms with Gasteiger partial charge < -0.3 is 15.5 Å². The number of rotatable bonds is 7. The normalized spacial score (nSPS) is 16.4. The summed E-state index contributed by atoms with van der Waals surface area (Å²) in [6, 6.07) is 12.2. The van der Waals surface area contributed by atoms with Crippen molar-refractivity contribution in [1.82, 2.24) is 25.3 Å². The summed E-state index contributed by atoms with van der Waals surface area (Å²) in [6.45, 7) is 6.71. The standard InChI is InChI=1S/C28H31FN6O3/c1-28(2,3)25(27(38)31-14-19-11-23(36)34(4)15-19)32-26(37)24-21-10-9-20(29)12-22(21)35(33-24)16-18-7-5-17(13-30)6-8-18/h5-10,12,19,25H,11,14-16H2,1-4H3,(H,31,38)(H,32,37)/t19?,25-/m1/s1. The molecule has 1 unspecified atom stereocenters. The number of halogens is 1. The second-order valence-electron chi connectivity index (χ2n) is 10.8. The van der Waals surface area contributed by atoms with Crippen LogP contribution in [0.25, 0.3) is 10.9 Å². The van der Waals surface area contributed by atoms with Crippen molar-refractivity contribution in [3.8, 4) is 6.07 Å². The number of carbonyl (C=O) groups excluding carboxylic acids is 3. The van der Waals surface area contributed by atoms with E-state index in [0.29, 0.717) is 36.0 Å². The number of fused-ring (bicyclic) bond motifs is 1. The Morgan fingerprint density at radius 1 is 1.21 bits per heavy atom. The van der Waals surface area contributed by atoms with Gasteiger partial charge in [0, 0.05) is 37.9 Å². The van der Waals surface area contributed by atoms with E-state index in [9.17, 15) is 18.8 Å². The zero-order valence-electron chi connectivity index (χ0n) is 21.9. The van der Waals surface area contributed by atoms with Crippen LogP contribution in [0.5, 0.6) is 0 Å². The number of hydrogen-bond acceptors (Lipinski definition) is 5. The van der Waals surface area contributed by atoms with Crippen LogP contribution >= 0.6 is 0 Å². The summed E-state index contributed by atoms with van der Waals surface area (Å²) in [4.78, 5) is 40.1. The number of hydrogen-bond donors (Lipinski definition) is 2. The fourth-order valence-electron chi connectivity index (χ4n) is 4.61. The lowest BCUT2D eigenvalue weighted by Gasteiger charge is -2.30. The van der Waals surface area contributed by atoms with Crippen LogP contribution in [0.1, 0.15) is 48.8 Å². The van der Waals surface area contributed by atoms with Crippen molar-refractivity contribution >= 4 is 28.6 Å². The lowest BCUT2D eigenvalue weighted by molar-refractivity contribution is -0.127. The predicted octanol–water partition coefficient (Wildman–Crippen LogP) is 2.83. The first-order valence-corrected chi connectivity index (χ1v) is 12.4. The Balaban J connectivity index is 1.56. The summed E-state index contributed by atoms with van der Waals surface area (Å²) in [5, 5.41) is 19.7. The zero-order chi connectivity index (χ0) is 27.6. The SMILES string of the molecule is CN1CC(CNC(=O)[C@@H](NC(=O)c2nn(Cc3ccc(C#N)cc3)c3cc(F)ccc23)C(C)(C)C)CC1=O. The first kappa shape index (κ1) is 26.8. The molecule has 1 aromatic heterocycles. The van der Waals surface area contributed by atoms with Gasteiger partial charge in [-0.1, -0.05) is 32.9 Å². The van der Waals surface area contributed by atoms with Gasteiger partial charge in [-0.3, -0.25) is 19.1 Å². The highest BCUT2D eigenvalue weighted by Crippen LogP contribution is 2.24. The summed E-state index contributed by atoms with van der Waals surface area (Å²) in [5.74, 6) is -1.30. The number of aromatic nitrogens is 2. The maximum atomic E-state index is 14.1. The van der Waals surface area contributed by atoms with Crippen molar-refractivity contribution in [2.45, 2.75) is 39.8 Å². The van der Waals surface area contributed by atoms with Gasteiger partial charge in [-0.15, -0.1) is 0 Å². The van der Waals surface area contributed by atoms with Crippen molar-refractivity contribution in [3.63, 3.8) is 0 Å². The molecule has 0 aliphatic carbocycles. The molecule has 9 nitrogen and oxygen atoms in total. The van der Waals surface area contributed by atoms with Gasteiger partial charge in [-0.25, -0.2) is 4.39 Å². The Labute approximate surface area is 220 Å². The van der Waals surface area contributed by atoms with Gasteiger partial charge in [0.25, 0.3) is 5.91 Å². The van der Waals surface area contributed by atoms with E-state index in [0.717, 1.165) is 5.56 Å². The molecular weight excluding hydrogens is 487 g/mol. The third kappa shape index (κ3) is 5.83. The Bertz CT molecular complexity index is 1420. The minimum atomic E-state index is -0.871. The quantitative estimate of drug-likeness (QED) is 0.498. The fraction of sp³-hybridized carbons (Fsp3) is 0.393. The molecular formula is C28H31FN6O3. The molecule has 3 amide bonds. The van der Waals surface area contributed by atoms with E-state index in [1.165, 1.54) is 22.9 Å². The molecule has 3 aromatic rings. The highest BCUT2D eigenvalue weighted by atomic mass is 19.1. The van der Waals surface area contributed by atoms with E-state index in [2.05, 4.69) is 21.8 Å². The number of nitrogens with zero attached hydrogens (tertiary/aromatic N) is 4. The topological polar surface area (TPSA) is 120 Å². The first-order chi connectivity index (χ1) is 18.0. The van der Waals surface area contributed by atoms with Crippen LogP contribution in [0.4, 0.5) is 4.39 Å². The van der Waals surface area contributed by atoms with Crippen LogP contribution < -0.4 is 10.6 Å². The van der Waals surface area contributed by atoms with Crippen LogP contribution in [0.15, 0.2) is 42.5 Å². The van der Waals surface area contributed by atoms with Gasteiger partial charge in [0.1, 0.15) is 11.9 Å². The maximum Gasteiger partial charge on any atom is 0.273 e. The molecule has 0 bridgehead atoms. The third-order valence-corrected chi connectivity index (χ3v) is 6.73. The molecule has 0 radical (unpaired) electrons. The van der Waals surface area contributed by atoms with Crippen molar-refractivity contribution in [2.24, 2.45) is 11.3 Å². The van der Waals surface area contributed by atoms with E-state index < -0.39 is 23.2 Å². The van der Waals surface area contributed by atoms with Crippen LogP contribution in [0, 0.1) is 28.5 Å². The number of nitriles is 1. The third-order valence-electron chi connectivity index (χ3n) is 6.73. The molecule has 2 N–H and O–H groups in total. The number of nitrogens with one attached hydrogen (secondary N) is 2. The van der Waals surface area contributed by atoms with Crippen molar-refractivity contribution < 1.29 is 18.8 Å². The van der Waals surface area contributed by atoms with Gasteiger partial charge in [-0.05, 0) is 41.3 Å². The molecule has 1 fully saturated rings. The van der Waals surface area contributed by atoms with Gasteiger partial charge in [0.2, 0.25) is 11.8 Å². The highest BCUT2D eigenvalue weighted by molar-refractivity contribution is 6.06. The zero-order valence-corrected chi connectivity index (χ0v) is 21.9. The minimum absolute atomic E-state index is 0.0181. The molecule has 1 aliphatic rings. The average Bonchev–Trinajstić information content (AvgIpc) is 3.39. The molecule has 2 aromatic carbocycles. The van der Waals surface area contributed by atoms with E-state index in [1.54, 1.807) is 36.2 Å². The lowest BCUT2D eigenvalue weighted by atomic mass is 9.86. The number of amides is 3. The van der Waals surface area contributed by atoms with E-state index in [-0.39, 0.29) is 30.0 Å². The summed E-state index contributed by atoms with van der Waals surface area (Å²) >= 11 is 0. The van der Waals surface area contributed by atoms with Crippen molar-refractivity contribution in [1.29, 1.82) is 5.26 Å². The highest BCUT2D eigenvalue weighted by Gasteiger charge is 2.35. The molecule has 2 atom stereocenters. The summed E-state index contributed by atoms with van der Waals surface area (Å²) in [7, 11) is 1.74. The van der Waals surface area contributed by atoms with Gasteiger partial charge in [0.15, 0.2) is 5.69 Å². The Morgan fingerprint density at radius 3 is 2.53 bits per heavy atom. The van der Waals surface area contributed by atoms with Crippen LogP contribution in [-0.2, 0) is 16.1 Å². The molecule has 1 saturated heterocycles. The Morgan fingerprint density at radius 2 is 1.92 bits per heavy atom. The van der Waals surface area contributed by atoms with Gasteiger partial charge >= 0.3 is 0 Å². The minimum Gasteiger partial charge on any atom is -0.354 e. The lowest BCUT2D eigenvalue weighted by Crippen LogP contribution is -2.54. The molecule has 4 rings (SSSR count). The molecule has 10 heteroatoms. The van der Waals surface area contributed by atoms with Crippen LogP contribution in [0.2, 0.25) is 0 Å². The fourth-order valence-corrected chi connectivity index (χ4v) is 4.61. The summed E-state index contributed by atoms with van der Waals surface area (Å²) in [6.07, 6.45) is 0.378. The second-order valence-corrected chi connectivity index (χ2v) is 10.8. The van der Waals surface area contributed by atoms with E-state index in [4.69, 9.17) is 5.26 Å². The smallest absolute Gasteiger partial charge is 0.273 e. The Kier molecular flexibility index (Phi) is 7.49. The van der Waals surface area contributed by atoms with Crippen LogP contribution in [-0.4, -0.2) is 58.6 Å². The molecule has 2 heterocycles. The van der Waals surface area contributed by atoms with Crippen molar-refractivity contribution in [2.75, 3.05) is 20.1 Å². The summed E-state index contributed by atoms with van der Waals surface area (Å²) < 4.78 is 15.7. The maximum absolute atomic E-state index is 14.1.